The lowest BCUT2D eigenvalue weighted by molar-refractivity contribution is -0.134. The van der Waals surface area contributed by atoms with E-state index < -0.39 is 0 Å². The van der Waals surface area contributed by atoms with Crippen LogP contribution in [-0.4, -0.2) is 59.2 Å². The Morgan fingerprint density at radius 3 is 2.32 bits per heavy atom. The maximum Gasteiger partial charge on any atom is 0.226 e. The fourth-order valence-electron chi connectivity index (χ4n) is 5.29. The van der Waals surface area contributed by atoms with Gasteiger partial charge in [-0.05, 0) is 56.4 Å². The molecule has 1 aromatic rings. The van der Waals surface area contributed by atoms with Gasteiger partial charge in [0, 0.05) is 57.8 Å². The minimum Gasteiger partial charge on any atom is -0.340 e. The third kappa shape index (κ3) is 5.97. The molecular formula is C26H37N3O2. The first-order valence-electron chi connectivity index (χ1n) is 12.2. The molecule has 1 unspecified atom stereocenters. The van der Waals surface area contributed by atoms with Gasteiger partial charge in [-0.25, -0.2) is 0 Å². The Hall–Kier alpha value is -2.14. The van der Waals surface area contributed by atoms with Gasteiger partial charge in [-0.1, -0.05) is 36.4 Å². The van der Waals surface area contributed by atoms with Crippen molar-refractivity contribution in [2.75, 3.05) is 32.7 Å². The molecule has 2 aliphatic heterocycles. The zero-order valence-electron chi connectivity index (χ0n) is 18.8. The minimum atomic E-state index is 0.250. The summed E-state index contributed by atoms with van der Waals surface area (Å²) in [4.78, 5) is 31.9. The number of unbranched alkanes of at least 4 members (excludes halogenated alkanes) is 1. The summed E-state index contributed by atoms with van der Waals surface area (Å²) in [5, 5.41) is 0. The molecule has 5 nitrogen and oxygen atoms in total. The van der Waals surface area contributed by atoms with E-state index in [0.29, 0.717) is 18.8 Å². The van der Waals surface area contributed by atoms with Gasteiger partial charge in [0.2, 0.25) is 11.8 Å². The van der Waals surface area contributed by atoms with E-state index >= 15 is 0 Å². The Morgan fingerprint density at radius 1 is 0.839 bits per heavy atom. The van der Waals surface area contributed by atoms with E-state index in [2.05, 4.69) is 40.1 Å². The number of amides is 2. The number of carbonyl (C=O) groups is 2. The predicted octanol–water partition coefficient (Wildman–Crippen LogP) is 4.20. The fraction of sp³-hybridized carbons (Fsp3) is 0.615. The van der Waals surface area contributed by atoms with Crippen molar-refractivity contribution >= 4 is 11.8 Å². The Balaban J connectivity index is 1.13. The quantitative estimate of drug-likeness (QED) is 0.618. The average Bonchev–Trinajstić information content (AvgIpc) is 2.82. The van der Waals surface area contributed by atoms with E-state index in [1.807, 2.05) is 11.0 Å². The lowest BCUT2D eigenvalue weighted by atomic mass is 9.85. The molecule has 2 saturated heterocycles. The molecular weight excluding hydrogens is 386 g/mol. The summed E-state index contributed by atoms with van der Waals surface area (Å²) < 4.78 is 0. The normalized spacial score (nSPS) is 22.1. The van der Waals surface area contributed by atoms with Crippen molar-refractivity contribution in [2.24, 2.45) is 5.92 Å². The molecule has 168 valence electrons. The molecule has 0 aromatic heterocycles. The molecule has 0 saturated carbocycles. The van der Waals surface area contributed by atoms with Gasteiger partial charge >= 0.3 is 0 Å². The van der Waals surface area contributed by atoms with Crippen molar-refractivity contribution in [3.8, 4) is 0 Å². The number of piperidine rings is 1. The van der Waals surface area contributed by atoms with Crippen LogP contribution in [0.5, 0.6) is 0 Å². The molecule has 2 fully saturated rings. The summed E-state index contributed by atoms with van der Waals surface area (Å²) in [6.07, 6.45) is 11.0. The van der Waals surface area contributed by atoms with Crippen LogP contribution < -0.4 is 0 Å². The third-order valence-corrected chi connectivity index (χ3v) is 7.08. The van der Waals surface area contributed by atoms with Crippen LogP contribution in [0.2, 0.25) is 0 Å². The van der Waals surface area contributed by atoms with Crippen LogP contribution in [0.4, 0.5) is 0 Å². The number of piperazine rings is 1. The number of likely N-dealkylation sites (tertiary alicyclic amines) is 1. The molecule has 5 heteroatoms. The van der Waals surface area contributed by atoms with Crippen molar-refractivity contribution in [2.45, 2.75) is 64.3 Å². The zero-order valence-corrected chi connectivity index (χ0v) is 18.8. The third-order valence-electron chi connectivity index (χ3n) is 7.08. The van der Waals surface area contributed by atoms with Gasteiger partial charge in [0.25, 0.3) is 0 Å². The summed E-state index contributed by atoms with van der Waals surface area (Å²) in [5.74, 6) is 1.12. The standard InChI is InChI=1S/C26H37N3O2/c30-25(28-19-17-27(18-20-28)21-22-9-2-1-3-10-22)14-6-7-15-26(31)29-16-8-12-23-11-4-5-13-24(23)29/h1-3,9-10,13,23H,4-8,11-12,14-21H2. The molecule has 0 N–H and O–H groups in total. The Labute approximate surface area is 187 Å². The molecule has 0 spiro atoms. The van der Waals surface area contributed by atoms with E-state index in [0.717, 1.165) is 65.0 Å². The summed E-state index contributed by atoms with van der Waals surface area (Å²) in [6, 6.07) is 10.5. The van der Waals surface area contributed by atoms with E-state index in [4.69, 9.17) is 0 Å². The van der Waals surface area contributed by atoms with Crippen molar-refractivity contribution in [1.82, 2.24) is 14.7 Å². The number of hydrogen-bond acceptors (Lipinski definition) is 3. The minimum absolute atomic E-state index is 0.250. The SMILES string of the molecule is O=C(CCCCC(=O)N1CCCC2CCCC=C21)N1CCN(Cc2ccccc2)CC1. The highest BCUT2D eigenvalue weighted by Gasteiger charge is 2.30. The maximum absolute atomic E-state index is 12.8. The summed E-state index contributed by atoms with van der Waals surface area (Å²) in [6.45, 7) is 5.34. The summed E-state index contributed by atoms with van der Waals surface area (Å²) >= 11 is 0. The second-order valence-corrected chi connectivity index (χ2v) is 9.29. The summed E-state index contributed by atoms with van der Waals surface area (Å²) in [7, 11) is 0. The topological polar surface area (TPSA) is 43.9 Å². The van der Waals surface area contributed by atoms with Crippen LogP contribution in [0.3, 0.4) is 0 Å². The number of hydrogen-bond donors (Lipinski definition) is 0. The predicted molar refractivity (Wildman–Crippen MR) is 123 cm³/mol. The number of fused-ring (bicyclic) bond motifs is 1. The Bertz CT molecular complexity index is 768. The van der Waals surface area contributed by atoms with E-state index in [1.165, 1.54) is 30.5 Å². The number of nitrogens with zero attached hydrogens (tertiary/aromatic N) is 3. The number of benzene rings is 1. The van der Waals surface area contributed by atoms with Crippen LogP contribution in [0.15, 0.2) is 42.1 Å². The smallest absolute Gasteiger partial charge is 0.226 e. The van der Waals surface area contributed by atoms with Crippen LogP contribution in [0, 0.1) is 5.92 Å². The van der Waals surface area contributed by atoms with Crippen molar-refractivity contribution in [1.29, 1.82) is 0 Å². The zero-order chi connectivity index (χ0) is 21.5. The largest absolute Gasteiger partial charge is 0.340 e. The summed E-state index contributed by atoms with van der Waals surface area (Å²) in [5.41, 5.74) is 2.63. The fourth-order valence-corrected chi connectivity index (χ4v) is 5.29. The molecule has 31 heavy (non-hydrogen) atoms. The average molecular weight is 424 g/mol. The van der Waals surface area contributed by atoms with Gasteiger partial charge in [0.1, 0.15) is 0 Å². The van der Waals surface area contributed by atoms with Gasteiger partial charge in [-0.2, -0.15) is 0 Å². The highest BCUT2D eigenvalue weighted by atomic mass is 16.2. The van der Waals surface area contributed by atoms with E-state index in [9.17, 15) is 9.59 Å². The molecule has 2 heterocycles. The van der Waals surface area contributed by atoms with Crippen LogP contribution in [0.1, 0.15) is 63.4 Å². The molecule has 1 atom stereocenters. The number of rotatable bonds is 7. The van der Waals surface area contributed by atoms with E-state index in [-0.39, 0.29) is 11.8 Å². The molecule has 4 rings (SSSR count). The van der Waals surface area contributed by atoms with Crippen molar-refractivity contribution in [3.05, 3.63) is 47.7 Å². The second-order valence-electron chi connectivity index (χ2n) is 9.29. The van der Waals surface area contributed by atoms with Gasteiger partial charge in [-0.15, -0.1) is 0 Å². The van der Waals surface area contributed by atoms with Crippen molar-refractivity contribution < 1.29 is 9.59 Å². The van der Waals surface area contributed by atoms with Gasteiger partial charge < -0.3 is 9.80 Å². The molecule has 0 radical (unpaired) electrons. The maximum atomic E-state index is 12.8. The van der Waals surface area contributed by atoms with E-state index in [1.54, 1.807) is 0 Å². The van der Waals surface area contributed by atoms with Crippen LogP contribution in [0.25, 0.3) is 0 Å². The molecule has 2 amide bonds. The first-order chi connectivity index (χ1) is 15.2. The van der Waals surface area contributed by atoms with Crippen molar-refractivity contribution in [3.63, 3.8) is 0 Å². The number of carbonyl (C=O) groups excluding carboxylic acids is 2. The highest BCUT2D eigenvalue weighted by molar-refractivity contribution is 5.79. The second kappa shape index (κ2) is 10.9. The monoisotopic (exact) mass is 423 g/mol. The number of allylic oxidation sites excluding steroid dienone is 2. The highest BCUT2D eigenvalue weighted by Crippen LogP contribution is 2.35. The lowest BCUT2D eigenvalue weighted by Crippen LogP contribution is -2.48. The lowest BCUT2D eigenvalue weighted by Gasteiger charge is -2.38. The molecule has 3 aliphatic rings. The first-order valence-corrected chi connectivity index (χ1v) is 12.2. The Kier molecular flexibility index (Phi) is 7.79. The van der Waals surface area contributed by atoms with Crippen LogP contribution >= 0.6 is 0 Å². The first kappa shape index (κ1) is 22.1. The molecule has 1 aromatic carbocycles. The van der Waals surface area contributed by atoms with Crippen LogP contribution in [-0.2, 0) is 16.1 Å². The molecule has 1 aliphatic carbocycles. The molecule has 0 bridgehead atoms. The van der Waals surface area contributed by atoms with Gasteiger partial charge in [0.05, 0.1) is 0 Å². The van der Waals surface area contributed by atoms with Gasteiger partial charge in [-0.3, -0.25) is 14.5 Å². The van der Waals surface area contributed by atoms with Gasteiger partial charge in [0.15, 0.2) is 0 Å². The Morgan fingerprint density at radius 2 is 1.55 bits per heavy atom.